The third-order valence-electron chi connectivity index (χ3n) is 1.99. The van der Waals surface area contributed by atoms with Gasteiger partial charge in [-0.3, -0.25) is 0 Å². The predicted octanol–water partition coefficient (Wildman–Crippen LogP) is 2.28. The summed E-state index contributed by atoms with van der Waals surface area (Å²) in [5.74, 6) is 0.964. The molecule has 0 amide bonds. The van der Waals surface area contributed by atoms with E-state index < -0.39 is 0 Å². The van der Waals surface area contributed by atoms with Gasteiger partial charge < -0.3 is 9.72 Å². The maximum Gasteiger partial charge on any atom is 0.129 e. The summed E-state index contributed by atoms with van der Waals surface area (Å²) in [6.45, 7) is 2.86. The van der Waals surface area contributed by atoms with E-state index in [1.165, 1.54) is 0 Å². The van der Waals surface area contributed by atoms with Gasteiger partial charge >= 0.3 is 0 Å². The van der Waals surface area contributed by atoms with Gasteiger partial charge in [-0.1, -0.05) is 19.1 Å². The Hall–Kier alpha value is -0.740. The summed E-state index contributed by atoms with van der Waals surface area (Å²) in [5, 5.41) is 0. The highest BCUT2D eigenvalue weighted by molar-refractivity contribution is 7.71. The summed E-state index contributed by atoms with van der Waals surface area (Å²) >= 11 is 5.07. The number of aromatic nitrogens is 2. The van der Waals surface area contributed by atoms with Crippen LogP contribution in [0.5, 0.6) is 0 Å². The summed E-state index contributed by atoms with van der Waals surface area (Å²) < 4.78 is 5.66. The van der Waals surface area contributed by atoms with Gasteiger partial charge in [-0.05, 0) is 18.9 Å². The Labute approximate surface area is 89.5 Å². The van der Waals surface area contributed by atoms with Crippen molar-refractivity contribution in [1.29, 1.82) is 0 Å². The van der Waals surface area contributed by atoms with Gasteiger partial charge in [-0.15, -0.1) is 0 Å². The second-order valence-electron chi connectivity index (χ2n) is 3.14. The first-order chi connectivity index (χ1) is 6.76. The Morgan fingerprint density at radius 1 is 1.57 bits per heavy atom. The molecule has 1 rings (SSSR count). The number of aromatic amines is 1. The number of nitrogens with one attached hydrogen (secondary N) is 1. The van der Waals surface area contributed by atoms with Crippen molar-refractivity contribution in [3.63, 3.8) is 0 Å². The summed E-state index contributed by atoms with van der Waals surface area (Å²) in [6, 6.07) is 1.91. The topological polar surface area (TPSA) is 37.9 Å². The van der Waals surface area contributed by atoms with E-state index in [1.807, 2.05) is 6.07 Å². The number of hydrogen-bond donors (Lipinski definition) is 1. The first-order valence-corrected chi connectivity index (χ1v) is 5.25. The molecule has 0 saturated carbocycles. The molecule has 78 valence electrons. The minimum atomic E-state index is 0.674. The molecule has 1 N–H and O–H groups in total. The number of ether oxygens (including phenoxy) is 1. The van der Waals surface area contributed by atoms with Crippen molar-refractivity contribution in [2.24, 2.45) is 0 Å². The molecule has 0 spiro atoms. The lowest BCUT2D eigenvalue weighted by atomic mass is 10.3. The monoisotopic (exact) mass is 212 g/mol. The van der Waals surface area contributed by atoms with Crippen LogP contribution in [0.25, 0.3) is 0 Å². The van der Waals surface area contributed by atoms with Gasteiger partial charge in [0.25, 0.3) is 0 Å². The van der Waals surface area contributed by atoms with Crippen LogP contribution in [-0.2, 0) is 17.6 Å². The molecule has 0 aliphatic rings. The molecule has 0 unspecified atom stereocenters. The maximum atomic E-state index is 5.07. The summed E-state index contributed by atoms with van der Waals surface area (Å²) in [6.07, 6.45) is 2.83. The van der Waals surface area contributed by atoms with E-state index in [-0.39, 0.29) is 0 Å². The molecule has 3 nitrogen and oxygen atoms in total. The number of rotatable bonds is 5. The normalized spacial score (nSPS) is 10.4. The van der Waals surface area contributed by atoms with Crippen molar-refractivity contribution in [3.05, 3.63) is 22.2 Å². The van der Waals surface area contributed by atoms with Crippen LogP contribution in [0.15, 0.2) is 6.07 Å². The Morgan fingerprint density at radius 3 is 3.00 bits per heavy atom. The van der Waals surface area contributed by atoms with Crippen molar-refractivity contribution in [2.45, 2.75) is 26.2 Å². The van der Waals surface area contributed by atoms with Crippen molar-refractivity contribution in [1.82, 2.24) is 9.97 Å². The van der Waals surface area contributed by atoms with Gasteiger partial charge in [0.05, 0.1) is 0 Å². The number of aryl methyl sites for hydroxylation is 2. The number of hydrogen-bond acceptors (Lipinski definition) is 3. The Bertz CT molecular complexity index is 335. The molecule has 0 bridgehead atoms. The van der Waals surface area contributed by atoms with Gasteiger partial charge in [0.1, 0.15) is 10.5 Å². The molecule has 1 heterocycles. The highest BCUT2D eigenvalue weighted by Crippen LogP contribution is 2.01. The molecule has 0 aliphatic carbocycles. The van der Waals surface area contributed by atoms with E-state index in [4.69, 9.17) is 17.0 Å². The Morgan fingerprint density at radius 2 is 2.36 bits per heavy atom. The SMILES string of the molecule is CCc1cc(=S)nc(CCCOC)[nH]1. The van der Waals surface area contributed by atoms with Crippen LogP contribution in [0.2, 0.25) is 0 Å². The largest absolute Gasteiger partial charge is 0.385 e. The van der Waals surface area contributed by atoms with Gasteiger partial charge in [0.2, 0.25) is 0 Å². The highest BCUT2D eigenvalue weighted by Gasteiger charge is 1.97. The summed E-state index contributed by atoms with van der Waals surface area (Å²) in [5.41, 5.74) is 1.15. The van der Waals surface area contributed by atoms with Gasteiger partial charge in [0.15, 0.2) is 0 Å². The average molecular weight is 212 g/mol. The van der Waals surface area contributed by atoms with E-state index in [0.717, 1.165) is 37.4 Å². The number of methoxy groups -OCH3 is 1. The number of nitrogens with zero attached hydrogens (tertiary/aromatic N) is 1. The van der Waals surface area contributed by atoms with Gasteiger partial charge in [-0.2, -0.15) is 0 Å². The van der Waals surface area contributed by atoms with E-state index in [2.05, 4.69) is 16.9 Å². The molecule has 0 aromatic carbocycles. The fourth-order valence-electron chi connectivity index (χ4n) is 1.26. The Kier molecular flexibility index (Phi) is 4.76. The first-order valence-electron chi connectivity index (χ1n) is 4.84. The quantitative estimate of drug-likeness (QED) is 0.601. The summed E-state index contributed by atoms with van der Waals surface area (Å²) in [7, 11) is 1.71. The van der Waals surface area contributed by atoms with Crippen molar-refractivity contribution in [3.8, 4) is 0 Å². The lowest BCUT2D eigenvalue weighted by Gasteiger charge is -2.03. The molecule has 0 saturated heterocycles. The minimum Gasteiger partial charge on any atom is -0.385 e. The standard InChI is InChI=1S/C10H16N2OS/c1-3-8-7-10(14)12-9(11-8)5-4-6-13-2/h7H,3-6H2,1-2H3,(H,11,12,14). The van der Waals surface area contributed by atoms with E-state index in [0.29, 0.717) is 4.64 Å². The van der Waals surface area contributed by atoms with Crippen molar-refractivity contribution in [2.75, 3.05) is 13.7 Å². The van der Waals surface area contributed by atoms with E-state index in [9.17, 15) is 0 Å². The van der Waals surface area contributed by atoms with Crippen LogP contribution in [0.4, 0.5) is 0 Å². The zero-order chi connectivity index (χ0) is 10.4. The van der Waals surface area contributed by atoms with Crippen molar-refractivity contribution >= 4 is 12.2 Å². The summed E-state index contributed by atoms with van der Waals surface area (Å²) in [4.78, 5) is 7.52. The molecule has 0 aliphatic heterocycles. The molecule has 1 aromatic rings. The van der Waals surface area contributed by atoms with Crippen LogP contribution in [-0.4, -0.2) is 23.7 Å². The Balaban J connectivity index is 2.67. The lowest BCUT2D eigenvalue weighted by molar-refractivity contribution is 0.194. The van der Waals surface area contributed by atoms with Crippen LogP contribution in [0.1, 0.15) is 24.9 Å². The van der Waals surface area contributed by atoms with Crippen molar-refractivity contribution < 1.29 is 4.74 Å². The smallest absolute Gasteiger partial charge is 0.129 e. The second-order valence-corrected chi connectivity index (χ2v) is 3.56. The molecule has 0 atom stereocenters. The predicted molar refractivity (Wildman–Crippen MR) is 59.0 cm³/mol. The van der Waals surface area contributed by atoms with Crippen LogP contribution in [0, 0.1) is 4.64 Å². The second kappa shape index (κ2) is 5.88. The fourth-order valence-corrected chi connectivity index (χ4v) is 1.51. The molecule has 0 fully saturated rings. The fraction of sp³-hybridized carbons (Fsp3) is 0.600. The third kappa shape index (κ3) is 3.55. The van der Waals surface area contributed by atoms with Crippen LogP contribution in [0.3, 0.4) is 0 Å². The lowest BCUT2D eigenvalue weighted by Crippen LogP contribution is -2.01. The molecule has 1 aromatic heterocycles. The van der Waals surface area contributed by atoms with Gasteiger partial charge in [-0.25, -0.2) is 4.98 Å². The first kappa shape index (κ1) is 11.3. The zero-order valence-corrected chi connectivity index (χ0v) is 9.49. The molecular formula is C10H16N2OS. The van der Waals surface area contributed by atoms with Crippen LogP contribution >= 0.6 is 12.2 Å². The number of H-pyrrole nitrogens is 1. The molecule has 0 radical (unpaired) electrons. The van der Waals surface area contributed by atoms with Crippen LogP contribution < -0.4 is 0 Å². The molecule has 4 heteroatoms. The third-order valence-corrected chi connectivity index (χ3v) is 2.20. The molecular weight excluding hydrogens is 196 g/mol. The van der Waals surface area contributed by atoms with E-state index >= 15 is 0 Å². The zero-order valence-electron chi connectivity index (χ0n) is 8.67. The highest BCUT2D eigenvalue weighted by atomic mass is 32.1. The van der Waals surface area contributed by atoms with E-state index in [1.54, 1.807) is 7.11 Å². The average Bonchev–Trinajstić information content (AvgIpc) is 2.17. The van der Waals surface area contributed by atoms with Gasteiger partial charge in [0, 0.05) is 25.8 Å². The minimum absolute atomic E-state index is 0.674. The molecule has 14 heavy (non-hydrogen) atoms. The maximum absolute atomic E-state index is 5.07.